The Labute approximate surface area is 156 Å². The van der Waals surface area contributed by atoms with Crippen LogP contribution in [0.25, 0.3) is 0 Å². The van der Waals surface area contributed by atoms with Gasteiger partial charge in [-0.2, -0.15) is 0 Å². The van der Waals surface area contributed by atoms with Gasteiger partial charge in [-0.05, 0) is 36.2 Å². The van der Waals surface area contributed by atoms with Crippen molar-refractivity contribution >= 4 is 39.1 Å². The Balaban J connectivity index is 1.68. The van der Waals surface area contributed by atoms with E-state index in [9.17, 15) is 13.2 Å². The maximum Gasteiger partial charge on any atom is 0.252 e. The van der Waals surface area contributed by atoms with Gasteiger partial charge in [0.05, 0.1) is 17.1 Å². The molecule has 1 heterocycles. The second kappa shape index (κ2) is 7.81. The van der Waals surface area contributed by atoms with Crippen molar-refractivity contribution in [3.05, 3.63) is 64.7 Å². The van der Waals surface area contributed by atoms with Gasteiger partial charge in [0, 0.05) is 21.7 Å². The highest BCUT2D eigenvalue weighted by molar-refractivity contribution is 8.02. The molecule has 1 amide bonds. The monoisotopic (exact) mass is 395 g/mol. The summed E-state index contributed by atoms with van der Waals surface area (Å²) in [5.74, 6) is 0.230. The fraction of sp³-hybridized carbons (Fsp3) is 0.278. The van der Waals surface area contributed by atoms with Crippen molar-refractivity contribution < 1.29 is 13.2 Å². The third-order valence-corrected chi connectivity index (χ3v) is 7.52. The molecule has 1 atom stereocenters. The highest BCUT2D eigenvalue weighted by atomic mass is 35.5. The van der Waals surface area contributed by atoms with Gasteiger partial charge in [0.2, 0.25) is 0 Å². The zero-order valence-electron chi connectivity index (χ0n) is 13.4. The average molecular weight is 396 g/mol. The highest BCUT2D eigenvalue weighted by Gasteiger charge is 2.29. The summed E-state index contributed by atoms with van der Waals surface area (Å²) in [5, 5.41) is 3.53. The zero-order valence-corrected chi connectivity index (χ0v) is 15.8. The van der Waals surface area contributed by atoms with Crippen LogP contribution in [0.15, 0.2) is 53.4 Å². The molecule has 1 aliphatic rings. The number of carbonyl (C=O) groups excluding carboxylic acids is 1. The Morgan fingerprint density at radius 1 is 1.20 bits per heavy atom. The number of rotatable bonds is 5. The van der Waals surface area contributed by atoms with Gasteiger partial charge in [-0.15, -0.1) is 11.8 Å². The fourth-order valence-electron chi connectivity index (χ4n) is 2.71. The van der Waals surface area contributed by atoms with E-state index >= 15 is 0 Å². The first kappa shape index (κ1) is 18.3. The van der Waals surface area contributed by atoms with Crippen molar-refractivity contribution in [2.45, 2.75) is 23.1 Å². The minimum Gasteiger partial charge on any atom is -0.348 e. The maximum atomic E-state index is 12.5. The van der Waals surface area contributed by atoms with Gasteiger partial charge in [0.25, 0.3) is 5.91 Å². The van der Waals surface area contributed by atoms with Crippen LogP contribution in [-0.4, -0.2) is 31.1 Å². The highest BCUT2D eigenvalue weighted by Crippen LogP contribution is 2.33. The summed E-state index contributed by atoms with van der Waals surface area (Å²) in [4.78, 5) is 13.4. The number of halogens is 1. The van der Waals surface area contributed by atoms with Crippen molar-refractivity contribution in [1.29, 1.82) is 0 Å². The van der Waals surface area contributed by atoms with Gasteiger partial charge in [-0.25, -0.2) is 8.42 Å². The normalized spacial score (nSPS) is 18.8. The topological polar surface area (TPSA) is 63.2 Å². The number of nitrogens with one attached hydrogen (secondary N) is 1. The first-order valence-corrected chi connectivity index (χ1v) is 11.0. The molecule has 132 valence electrons. The Morgan fingerprint density at radius 2 is 2.00 bits per heavy atom. The SMILES string of the molecule is O=C(NCc1cccc(Cl)c1)c1ccccc1S[C@@H]1CCS(=O)(=O)C1. The molecular formula is C18H18ClNO3S2. The summed E-state index contributed by atoms with van der Waals surface area (Å²) >= 11 is 7.43. The van der Waals surface area contributed by atoms with E-state index < -0.39 is 9.84 Å². The van der Waals surface area contributed by atoms with Crippen LogP contribution in [0.1, 0.15) is 22.3 Å². The van der Waals surface area contributed by atoms with E-state index in [-0.39, 0.29) is 22.7 Å². The van der Waals surface area contributed by atoms with Crippen LogP contribution in [-0.2, 0) is 16.4 Å². The third kappa shape index (κ3) is 5.00. The van der Waals surface area contributed by atoms with Crippen LogP contribution in [0.2, 0.25) is 5.02 Å². The molecule has 25 heavy (non-hydrogen) atoms. The molecule has 7 heteroatoms. The molecule has 0 spiro atoms. The molecule has 0 unspecified atom stereocenters. The number of sulfone groups is 1. The van der Waals surface area contributed by atoms with Crippen LogP contribution in [0, 0.1) is 0 Å². The van der Waals surface area contributed by atoms with Crippen LogP contribution in [0.3, 0.4) is 0 Å². The van der Waals surface area contributed by atoms with E-state index in [4.69, 9.17) is 11.6 Å². The lowest BCUT2D eigenvalue weighted by molar-refractivity contribution is 0.0948. The fourth-order valence-corrected chi connectivity index (χ4v) is 6.55. The van der Waals surface area contributed by atoms with Gasteiger partial charge >= 0.3 is 0 Å². The summed E-state index contributed by atoms with van der Waals surface area (Å²) in [6.07, 6.45) is 0.630. The molecule has 1 saturated heterocycles. The smallest absolute Gasteiger partial charge is 0.252 e. The molecular weight excluding hydrogens is 378 g/mol. The molecule has 0 saturated carbocycles. The summed E-state index contributed by atoms with van der Waals surface area (Å²) < 4.78 is 23.3. The van der Waals surface area contributed by atoms with Gasteiger partial charge < -0.3 is 5.32 Å². The van der Waals surface area contributed by atoms with Crippen molar-refractivity contribution in [2.24, 2.45) is 0 Å². The summed E-state index contributed by atoms with van der Waals surface area (Å²) in [7, 11) is -2.93. The zero-order chi connectivity index (χ0) is 17.9. The van der Waals surface area contributed by atoms with Crippen LogP contribution in [0.5, 0.6) is 0 Å². The van der Waals surface area contributed by atoms with Crippen molar-refractivity contribution in [2.75, 3.05) is 11.5 Å². The van der Waals surface area contributed by atoms with Gasteiger partial charge in [0.15, 0.2) is 9.84 Å². The van der Waals surface area contributed by atoms with Crippen molar-refractivity contribution in [3.8, 4) is 0 Å². The first-order valence-electron chi connectivity index (χ1n) is 7.92. The molecule has 1 N–H and O–H groups in total. The number of amides is 1. The van der Waals surface area contributed by atoms with E-state index in [0.29, 0.717) is 23.6 Å². The third-order valence-electron chi connectivity index (χ3n) is 3.96. The predicted octanol–water partition coefficient (Wildman–Crippen LogP) is 3.55. The Hall–Kier alpha value is -1.50. The first-order chi connectivity index (χ1) is 11.9. The minimum absolute atomic E-state index is 0.00637. The number of hydrogen-bond donors (Lipinski definition) is 1. The Morgan fingerprint density at radius 3 is 2.72 bits per heavy atom. The number of thioether (sulfide) groups is 1. The molecule has 3 rings (SSSR count). The van der Waals surface area contributed by atoms with E-state index in [2.05, 4.69) is 5.32 Å². The average Bonchev–Trinajstić information content (AvgIpc) is 2.92. The predicted molar refractivity (Wildman–Crippen MR) is 102 cm³/mol. The molecule has 0 aromatic heterocycles. The molecule has 1 fully saturated rings. The van der Waals surface area contributed by atoms with E-state index in [0.717, 1.165) is 10.5 Å². The molecule has 0 bridgehead atoms. The second-order valence-corrected chi connectivity index (χ2v) is 9.96. The lowest BCUT2D eigenvalue weighted by atomic mass is 10.2. The Bertz CT molecular complexity index is 883. The van der Waals surface area contributed by atoms with Crippen LogP contribution in [0.4, 0.5) is 0 Å². The molecule has 0 radical (unpaired) electrons. The standard InChI is InChI=1S/C18H18ClNO3S2/c19-14-5-3-4-13(10-14)11-20-18(21)16-6-1-2-7-17(16)24-15-8-9-25(22,23)12-15/h1-7,10,15H,8-9,11-12H2,(H,20,21)/t15-/m1/s1. The van der Waals surface area contributed by atoms with Gasteiger partial charge in [-0.3, -0.25) is 4.79 Å². The van der Waals surface area contributed by atoms with E-state index in [1.807, 2.05) is 36.4 Å². The van der Waals surface area contributed by atoms with Crippen LogP contribution < -0.4 is 5.32 Å². The van der Waals surface area contributed by atoms with Crippen LogP contribution >= 0.6 is 23.4 Å². The van der Waals surface area contributed by atoms with Gasteiger partial charge in [0.1, 0.15) is 0 Å². The molecule has 0 aliphatic carbocycles. The summed E-state index contributed by atoms with van der Waals surface area (Å²) in [5.41, 5.74) is 1.49. The molecule has 2 aromatic carbocycles. The second-order valence-electron chi connectivity index (χ2n) is 5.95. The maximum absolute atomic E-state index is 12.5. The van der Waals surface area contributed by atoms with Gasteiger partial charge in [-0.1, -0.05) is 35.9 Å². The summed E-state index contributed by atoms with van der Waals surface area (Å²) in [6.45, 7) is 0.385. The van der Waals surface area contributed by atoms with Crippen molar-refractivity contribution in [1.82, 2.24) is 5.32 Å². The molecule has 4 nitrogen and oxygen atoms in total. The number of carbonyl (C=O) groups is 1. The van der Waals surface area contributed by atoms with E-state index in [1.165, 1.54) is 11.8 Å². The minimum atomic E-state index is -2.93. The molecule has 1 aliphatic heterocycles. The number of benzene rings is 2. The lowest BCUT2D eigenvalue weighted by Crippen LogP contribution is -2.23. The lowest BCUT2D eigenvalue weighted by Gasteiger charge is -2.13. The molecule has 2 aromatic rings. The van der Waals surface area contributed by atoms with Crippen molar-refractivity contribution in [3.63, 3.8) is 0 Å². The number of hydrogen-bond acceptors (Lipinski definition) is 4. The summed E-state index contributed by atoms with van der Waals surface area (Å²) in [6, 6.07) is 14.6. The largest absolute Gasteiger partial charge is 0.348 e. The Kier molecular flexibility index (Phi) is 5.71. The van der Waals surface area contributed by atoms with E-state index in [1.54, 1.807) is 12.1 Å². The quantitative estimate of drug-likeness (QED) is 0.840.